The van der Waals surface area contributed by atoms with Crippen LogP contribution in [-0.2, 0) is 22.3 Å². The van der Waals surface area contributed by atoms with Gasteiger partial charge >= 0.3 is 18.0 Å². The molecule has 0 unspecified atom stereocenters. The van der Waals surface area contributed by atoms with Gasteiger partial charge in [0.05, 0.1) is 5.56 Å². The Kier molecular flexibility index (Phi) is 4.96. The molecule has 0 aliphatic carbocycles. The number of hydrogen-bond acceptors (Lipinski definition) is 3. The Bertz CT molecular complexity index is 749. The van der Waals surface area contributed by atoms with Gasteiger partial charge in [0.2, 0.25) is 0 Å². The van der Waals surface area contributed by atoms with Crippen LogP contribution >= 0.6 is 0 Å². The van der Waals surface area contributed by atoms with Crippen molar-refractivity contribution in [3.8, 4) is 0 Å². The number of rotatable bonds is 3. The topological polar surface area (TPSA) is 71.3 Å². The van der Waals surface area contributed by atoms with E-state index in [0.29, 0.717) is 11.5 Å². The fourth-order valence-corrected chi connectivity index (χ4v) is 2.05. The van der Waals surface area contributed by atoms with E-state index in [2.05, 4.69) is 10.6 Å². The molecule has 0 atom stereocenters. The first-order valence-electron chi connectivity index (χ1n) is 6.99. The van der Waals surface area contributed by atoms with E-state index >= 15 is 0 Å². The van der Waals surface area contributed by atoms with Crippen LogP contribution in [0.15, 0.2) is 34.7 Å². The highest BCUT2D eigenvalue weighted by Gasteiger charge is 2.30. The number of furan rings is 1. The fourth-order valence-electron chi connectivity index (χ4n) is 2.05. The number of carbonyl (C=O) groups excluding carboxylic acids is 2. The second-order valence-corrected chi connectivity index (χ2v) is 5.15. The molecule has 1 aromatic carbocycles. The number of carbonyl (C=O) groups is 2. The molecule has 1 aromatic heterocycles. The first kappa shape index (κ1) is 17.6. The standard InChI is InChI=1S/C16H15F3N2O3/c1-9-7-11(10(2)24-9)8-20-14(22)15(23)21-13-5-3-12(4-6-13)16(17,18)19/h3-7H,8H2,1-2H3,(H,20,22)(H,21,23). The normalized spacial score (nSPS) is 11.2. The summed E-state index contributed by atoms with van der Waals surface area (Å²) in [6.45, 7) is 3.61. The predicted octanol–water partition coefficient (Wildman–Crippen LogP) is 3.17. The molecule has 0 spiro atoms. The quantitative estimate of drug-likeness (QED) is 0.843. The van der Waals surface area contributed by atoms with Crippen molar-refractivity contribution in [3.63, 3.8) is 0 Å². The number of alkyl halides is 3. The summed E-state index contributed by atoms with van der Waals surface area (Å²) in [5, 5.41) is 4.65. The Hall–Kier alpha value is -2.77. The van der Waals surface area contributed by atoms with Crippen molar-refractivity contribution in [2.45, 2.75) is 26.6 Å². The minimum absolute atomic E-state index is 0.0958. The molecule has 24 heavy (non-hydrogen) atoms. The summed E-state index contributed by atoms with van der Waals surface area (Å²) in [5.74, 6) is -0.539. The lowest BCUT2D eigenvalue weighted by Gasteiger charge is -2.09. The van der Waals surface area contributed by atoms with E-state index in [9.17, 15) is 22.8 Å². The van der Waals surface area contributed by atoms with Crippen molar-refractivity contribution >= 4 is 17.5 Å². The van der Waals surface area contributed by atoms with Gasteiger partial charge in [-0.3, -0.25) is 9.59 Å². The molecule has 2 N–H and O–H groups in total. The van der Waals surface area contributed by atoms with Crippen LogP contribution in [0.4, 0.5) is 18.9 Å². The molecule has 5 nitrogen and oxygen atoms in total. The lowest BCUT2D eigenvalue weighted by Crippen LogP contribution is -2.35. The molecule has 0 aliphatic heterocycles. The third kappa shape index (κ3) is 4.37. The van der Waals surface area contributed by atoms with Crippen LogP contribution in [0.1, 0.15) is 22.6 Å². The SMILES string of the molecule is Cc1cc(CNC(=O)C(=O)Nc2ccc(C(F)(F)F)cc2)c(C)o1. The lowest BCUT2D eigenvalue weighted by atomic mass is 10.2. The molecule has 0 saturated heterocycles. The highest BCUT2D eigenvalue weighted by Crippen LogP contribution is 2.29. The van der Waals surface area contributed by atoms with E-state index in [1.54, 1.807) is 19.9 Å². The molecule has 0 aliphatic rings. The number of hydrogen-bond donors (Lipinski definition) is 2. The molecule has 128 valence electrons. The average molecular weight is 340 g/mol. The number of amides is 2. The van der Waals surface area contributed by atoms with Crippen LogP contribution in [0.25, 0.3) is 0 Å². The van der Waals surface area contributed by atoms with Gasteiger partial charge in [0.15, 0.2) is 0 Å². The monoisotopic (exact) mass is 340 g/mol. The highest BCUT2D eigenvalue weighted by molar-refractivity contribution is 6.39. The van der Waals surface area contributed by atoms with Crippen LogP contribution in [-0.4, -0.2) is 11.8 Å². The van der Waals surface area contributed by atoms with Gasteiger partial charge < -0.3 is 15.1 Å². The lowest BCUT2D eigenvalue weighted by molar-refractivity contribution is -0.137. The number of anilines is 1. The zero-order valence-corrected chi connectivity index (χ0v) is 13.0. The van der Waals surface area contributed by atoms with Crippen molar-refractivity contribution in [1.82, 2.24) is 5.32 Å². The van der Waals surface area contributed by atoms with E-state index in [4.69, 9.17) is 4.42 Å². The van der Waals surface area contributed by atoms with Gasteiger partial charge in [-0.25, -0.2) is 0 Å². The molecule has 0 saturated carbocycles. The van der Waals surface area contributed by atoms with Crippen LogP contribution in [0.3, 0.4) is 0 Å². The van der Waals surface area contributed by atoms with E-state index in [-0.39, 0.29) is 12.2 Å². The van der Waals surface area contributed by atoms with Crippen LogP contribution in [0.2, 0.25) is 0 Å². The summed E-state index contributed by atoms with van der Waals surface area (Å²) in [6.07, 6.45) is -4.46. The Morgan fingerprint density at radius 3 is 2.21 bits per heavy atom. The summed E-state index contributed by atoms with van der Waals surface area (Å²) >= 11 is 0. The maximum absolute atomic E-state index is 12.4. The number of halogens is 3. The van der Waals surface area contributed by atoms with E-state index in [0.717, 1.165) is 29.8 Å². The minimum atomic E-state index is -4.46. The van der Waals surface area contributed by atoms with Crippen molar-refractivity contribution in [2.24, 2.45) is 0 Å². The van der Waals surface area contributed by atoms with E-state index < -0.39 is 23.6 Å². The molecular formula is C16H15F3N2O3. The zero-order chi connectivity index (χ0) is 17.9. The molecule has 2 amide bonds. The van der Waals surface area contributed by atoms with Gasteiger partial charge in [-0.2, -0.15) is 13.2 Å². The minimum Gasteiger partial charge on any atom is -0.466 e. The largest absolute Gasteiger partial charge is 0.466 e. The van der Waals surface area contributed by atoms with Crippen molar-refractivity contribution in [2.75, 3.05) is 5.32 Å². The second kappa shape index (κ2) is 6.77. The van der Waals surface area contributed by atoms with E-state index in [1.165, 1.54) is 0 Å². The summed E-state index contributed by atoms with van der Waals surface area (Å²) in [5.41, 5.74) is -0.00239. The van der Waals surface area contributed by atoms with Gasteiger partial charge in [0.1, 0.15) is 11.5 Å². The molecular weight excluding hydrogens is 325 g/mol. The number of aryl methyl sites for hydroxylation is 2. The van der Waals surface area contributed by atoms with Crippen molar-refractivity contribution in [1.29, 1.82) is 0 Å². The summed E-state index contributed by atoms with van der Waals surface area (Å²) < 4.78 is 42.6. The smallest absolute Gasteiger partial charge is 0.416 e. The average Bonchev–Trinajstić information content (AvgIpc) is 2.82. The number of benzene rings is 1. The zero-order valence-electron chi connectivity index (χ0n) is 13.0. The molecule has 0 bridgehead atoms. The highest BCUT2D eigenvalue weighted by atomic mass is 19.4. The predicted molar refractivity (Wildman–Crippen MR) is 80.1 cm³/mol. The molecule has 2 rings (SSSR count). The van der Waals surface area contributed by atoms with E-state index in [1.807, 2.05) is 0 Å². The summed E-state index contributed by atoms with van der Waals surface area (Å²) in [4.78, 5) is 23.5. The van der Waals surface area contributed by atoms with Crippen LogP contribution in [0, 0.1) is 13.8 Å². The summed E-state index contributed by atoms with van der Waals surface area (Å²) in [6, 6.07) is 5.55. The third-order valence-corrected chi connectivity index (χ3v) is 3.26. The van der Waals surface area contributed by atoms with Crippen molar-refractivity contribution < 1.29 is 27.2 Å². The van der Waals surface area contributed by atoms with Gasteiger partial charge in [-0.1, -0.05) is 0 Å². The van der Waals surface area contributed by atoms with Gasteiger partial charge in [0, 0.05) is 17.8 Å². The molecule has 0 fully saturated rings. The second-order valence-electron chi connectivity index (χ2n) is 5.15. The van der Waals surface area contributed by atoms with Gasteiger partial charge in [-0.15, -0.1) is 0 Å². The van der Waals surface area contributed by atoms with Crippen LogP contribution < -0.4 is 10.6 Å². The maximum Gasteiger partial charge on any atom is 0.416 e. The first-order valence-corrected chi connectivity index (χ1v) is 6.99. The molecule has 1 heterocycles. The van der Waals surface area contributed by atoms with Crippen LogP contribution in [0.5, 0.6) is 0 Å². The summed E-state index contributed by atoms with van der Waals surface area (Å²) in [7, 11) is 0. The third-order valence-electron chi connectivity index (χ3n) is 3.26. The first-order chi connectivity index (χ1) is 11.2. The molecule has 8 heteroatoms. The Balaban J connectivity index is 1.92. The van der Waals surface area contributed by atoms with Crippen molar-refractivity contribution in [3.05, 3.63) is 53.0 Å². The maximum atomic E-state index is 12.4. The Morgan fingerprint density at radius 2 is 1.71 bits per heavy atom. The van der Waals surface area contributed by atoms with Gasteiger partial charge in [0.25, 0.3) is 0 Å². The Labute approximate surface area is 135 Å². The fraction of sp³-hybridized carbons (Fsp3) is 0.250. The number of nitrogens with one attached hydrogen (secondary N) is 2. The Morgan fingerprint density at radius 1 is 1.08 bits per heavy atom. The molecule has 2 aromatic rings. The molecule has 0 radical (unpaired) electrons. The van der Waals surface area contributed by atoms with Gasteiger partial charge in [-0.05, 0) is 44.2 Å².